The first kappa shape index (κ1) is 26.0. The average molecular weight is 530 g/mol. The van der Waals surface area contributed by atoms with Gasteiger partial charge in [0, 0.05) is 18.3 Å². The summed E-state index contributed by atoms with van der Waals surface area (Å²) in [5.41, 5.74) is 1.52. The summed E-state index contributed by atoms with van der Waals surface area (Å²) < 4.78 is 46.5. The van der Waals surface area contributed by atoms with Crippen LogP contribution in [0.15, 0.2) is 53.6 Å². The number of nitrogens with one attached hydrogen (secondary N) is 2. The van der Waals surface area contributed by atoms with Crippen LogP contribution in [0.5, 0.6) is 0 Å². The number of aryl methyl sites for hydroxylation is 1. The van der Waals surface area contributed by atoms with Crippen molar-refractivity contribution in [1.29, 1.82) is 0 Å². The van der Waals surface area contributed by atoms with E-state index in [2.05, 4.69) is 33.9 Å². The lowest BCUT2D eigenvalue weighted by molar-refractivity contribution is 0.541. The molecule has 4 rings (SSSR count). The van der Waals surface area contributed by atoms with Gasteiger partial charge in [-0.2, -0.15) is 0 Å². The maximum atomic E-state index is 15.7. The second kappa shape index (κ2) is 12.2. The standard InChI is InChI=1S/C26H26F3N5S2/c1-3-5-12-21-33-23(25(35-21)20-13-15-31-26(32-20)30-14-4-2)16-8-6-11-19(22(16)29)34-36-24-17(27)9-7-10-18(24)28/h6-11,13,15,34H,3-5,12,14H2,1-2H3,(H,30,31,32). The van der Waals surface area contributed by atoms with Gasteiger partial charge >= 0.3 is 0 Å². The molecular weight excluding hydrogens is 503 g/mol. The molecular formula is C26H26F3N5S2. The van der Waals surface area contributed by atoms with E-state index < -0.39 is 17.5 Å². The van der Waals surface area contributed by atoms with Crippen LogP contribution in [0, 0.1) is 17.5 Å². The van der Waals surface area contributed by atoms with E-state index in [-0.39, 0.29) is 16.1 Å². The van der Waals surface area contributed by atoms with Crippen molar-refractivity contribution in [2.75, 3.05) is 16.6 Å². The van der Waals surface area contributed by atoms with E-state index >= 15 is 4.39 Å². The van der Waals surface area contributed by atoms with Crippen molar-refractivity contribution in [2.24, 2.45) is 0 Å². The third kappa shape index (κ3) is 5.99. The van der Waals surface area contributed by atoms with Gasteiger partial charge in [-0.15, -0.1) is 11.3 Å². The Morgan fingerprint density at radius 1 is 0.944 bits per heavy atom. The minimum atomic E-state index is -0.720. The first-order valence-corrected chi connectivity index (χ1v) is 13.4. The van der Waals surface area contributed by atoms with Gasteiger partial charge in [-0.1, -0.05) is 32.4 Å². The van der Waals surface area contributed by atoms with Crippen molar-refractivity contribution in [3.63, 3.8) is 0 Å². The molecule has 0 aliphatic carbocycles. The molecule has 188 valence electrons. The molecule has 5 nitrogen and oxygen atoms in total. The van der Waals surface area contributed by atoms with E-state index in [0.29, 0.717) is 29.3 Å². The van der Waals surface area contributed by atoms with Gasteiger partial charge in [0.15, 0.2) is 5.82 Å². The second-order valence-electron chi connectivity index (χ2n) is 8.00. The molecule has 0 radical (unpaired) electrons. The van der Waals surface area contributed by atoms with Crippen LogP contribution in [0.25, 0.3) is 21.8 Å². The molecule has 0 saturated carbocycles. The van der Waals surface area contributed by atoms with E-state index in [1.54, 1.807) is 24.4 Å². The number of thiazole rings is 1. The normalized spacial score (nSPS) is 11.0. The SMILES string of the molecule is CCCCc1nc(-c2cccc(NSc3c(F)cccc3F)c2F)c(-c2ccnc(NCCC)n2)s1. The Morgan fingerprint density at radius 3 is 2.47 bits per heavy atom. The minimum absolute atomic E-state index is 0.0993. The molecule has 10 heteroatoms. The van der Waals surface area contributed by atoms with Gasteiger partial charge < -0.3 is 10.0 Å². The maximum Gasteiger partial charge on any atom is 0.223 e. The number of benzene rings is 2. The molecule has 0 saturated heterocycles. The van der Waals surface area contributed by atoms with Crippen molar-refractivity contribution in [1.82, 2.24) is 15.0 Å². The minimum Gasteiger partial charge on any atom is -0.354 e. The van der Waals surface area contributed by atoms with E-state index in [1.165, 1.54) is 23.5 Å². The van der Waals surface area contributed by atoms with Gasteiger partial charge in [0.1, 0.15) is 11.6 Å². The number of aromatic nitrogens is 3. The fourth-order valence-corrected chi connectivity index (χ4v) is 5.23. The highest BCUT2D eigenvalue weighted by Gasteiger charge is 2.21. The summed E-state index contributed by atoms with van der Waals surface area (Å²) in [7, 11) is 0. The van der Waals surface area contributed by atoms with Crippen LogP contribution in [0.1, 0.15) is 38.1 Å². The number of hydrogen-bond acceptors (Lipinski definition) is 7. The zero-order valence-electron chi connectivity index (χ0n) is 19.9. The largest absolute Gasteiger partial charge is 0.354 e. The van der Waals surface area contributed by atoms with Crippen LogP contribution in [-0.2, 0) is 6.42 Å². The number of hydrogen-bond donors (Lipinski definition) is 2. The predicted octanol–water partition coefficient (Wildman–Crippen LogP) is 7.97. The van der Waals surface area contributed by atoms with Crippen LogP contribution < -0.4 is 10.0 Å². The second-order valence-corrected chi connectivity index (χ2v) is 9.90. The number of rotatable bonds is 11. The molecule has 0 unspecified atom stereocenters. The molecule has 0 amide bonds. The number of anilines is 2. The Labute approximate surface area is 216 Å². The highest BCUT2D eigenvalue weighted by atomic mass is 32.2. The summed E-state index contributed by atoms with van der Waals surface area (Å²) in [5.74, 6) is -1.50. The van der Waals surface area contributed by atoms with Gasteiger partial charge in [0.2, 0.25) is 5.95 Å². The summed E-state index contributed by atoms with van der Waals surface area (Å²) in [6.07, 6.45) is 5.36. The van der Waals surface area contributed by atoms with Crippen molar-refractivity contribution in [2.45, 2.75) is 44.4 Å². The predicted molar refractivity (Wildman–Crippen MR) is 142 cm³/mol. The molecule has 36 heavy (non-hydrogen) atoms. The lowest BCUT2D eigenvalue weighted by Crippen LogP contribution is -2.04. The van der Waals surface area contributed by atoms with Crippen molar-refractivity contribution in [3.05, 3.63) is 71.1 Å². The molecule has 0 spiro atoms. The Balaban J connectivity index is 1.71. The highest BCUT2D eigenvalue weighted by molar-refractivity contribution is 8.00. The lowest BCUT2D eigenvalue weighted by atomic mass is 10.1. The van der Waals surface area contributed by atoms with Crippen LogP contribution in [0.3, 0.4) is 0 Å². The molecule has 0 fully saturated rings. The van der Waals surface area contributed by atoms with E-state index in [4.69, 9.17) is 4.98 Å². The molecule has 0 aliphatic heterocycles. The van der Waals surface area contributed by atoms with Crippen molar-refractivity contribution >= 4 is 34.9 Å². The Morgan fingerprint density at radius 2 is 1.72 bits per heavy atom. The number of halogens is 3. The highest BCUT2D eigenvalue weighted by Crippen LogP contribution is 2.40. The first-order chi connectivity index (χ1) is 17.5. The van der Waals surface area contributed by atoms with Crippen LogP contribution >= 0.6 is 23.3 Å². The molecule has 0 bridgehead atoms. The molecule has 4 aromatic rings. The molecule has 2 heterocycles. The number of nitrogens with zero attached hydrogens (tertiary/aromatic N) is 3. The van der Waals surface area contributed by atoms with Gasteiger partial charge in [-0.05, 0) is 61.5 Å². The van der Waals surface area contributed by atoms with E-state index in [9.17, 15) is 8.78 Å². The van der Waals surface area contributed by atoms with E-state index in [1.807, 2.05) is 0 Å². The lowest BCUT2D eigenvalue weighted by Gasteiger charge is -2.11. The third-order valence-corrected chi connectivity index (χ3v) is 7.33. The van der Waals surface area contributed by atoms with Gasteiger partial charge in [0.05, 0.1) is 31.9 Å². The number of unbranched alkanes of at least 4 members (excludes halogenated alkanes) is 1. The molecule has 2 aromatic heterocycles. The van der Waals surface area contributed by atoms with Crippen molar-refractivity contribution in [3.8, 4) is 21.8 Å². The maximum absolute atomic E-state index is 15.7. The summed E-state index contributed by atoms with van der Waals surface area (Å²) in [6.45, 7) is 4.90. The Hall–Kier alpha value is -3.11. The molecule has 2 N–H and O–H groups in total. The molecule has 2 aromatic carbocycles. The average Bonchev–Trinajstić information content (AvgIpc) is 3.31. The van der Waals surface area contributed by atoms with Crippen molar-refractivity contribution < 1.29 is 13.2 Å². The zero-order chi connectivity index (χ0) is 25.5. The smallest absolute Gasteiger partial charge is 0.223 e. The summed E-state index contributed by atoms with van der Waals surface area (Å²) in [4.78, 5) is 14.2. The van der Waals surface area contributed by atoms with Crippen LogP contribution in [0.4, 0.5) is 24.8 Å². The fraction of sp³-hybridized carbons (Fsp3) is 0.269. The topological polar surface area (TPSA) is 62.7 Å². The fourth-order valence-electron chi connectivity index (χ4n) is 3.44. The van der Waals surface area contributed by atoms with Gasteiger partial charge in [-0.25, -0.2) is 28.1 Å². The third-order valence-electron chi connectivity index (χ3n) is 5.27. The molecule has 0 atom stereocenters. The van der Waals surface area contributed by atoms with Gasteiger partial charge in [0.25, 0.3) is 0 Å². The van der Waals surface area contributed by atoms with E-state index in [0.717, 1.165) is 54.2 Å². The zero-order valence-corrected chi connectivity index (χ0v) is 21.6. The molecule has 0 aliphatic rings. The summed E-state index contributed by atoms with van der Waals surface area (Å²) in [5, 5.41) is 4.07. The van der Waals surface area contributed by atoms with Gasteiger partial charge in [-0.3, -0.25) is 0 Å². The monoisotopic (exact) mass is 529 g/mol. The van der Waals surface area contributed by atoms with Crippen LogP contribution in [0.2, 0.25) is 0 Å². The van der Waals surface area contributed by atoms with Crippen LogP contribution in [-0.4, -0.2) is 21.5 Å². The first-order valence-electron chi connectivity index (χ1n) is 11.7. The summed E-state index contributed by atoms with van der Waals surface area (Å²) >= 11 is 2.17. The Bertz CT molecular complexity index is 1310. The summed E-state index contributed by atoms with van der Waals surface area (Å²) in [6, 6.07) is 10.2. The Kier molecular flexibility index (Phi) is 8.82. The quantitative estimate of drug-likeness (QED) is 0.192.